The Balaban J connectivity index is 1.99. The fourth-order valence-electron chi connectivity index (χ4n) is 2.26. The van der Waals surface area contributed by atoms with Crippen molar-refractivity contribution in [1.82, 2.24) is 0 Å². The summed E-state index contributed by atoms with van der Waals surface area (Å²) in [5, 5.41) is 0. The maximum atomic E-state index is 12.4. The third-order valence-corrected chi connectivity index (χ3v) is 10.1. The zero-order chi connectivity index (χ0) is 17.3. The molecule has 0 aromatic carbocycles. The third-order valence-electron chi connectivity index (χ3n) is 3.34. The summed E-state index contributed by atoms with van der Waals surface area (Å²) in [6.07, 6.45) is 1.29. The van der Waals surface area contributed by atoms with Crippen molar-refractivity contribution in [3.63, 3.8) is 0 Å². The lowest BCUT2D eigenvalue weighted by Gasteiger charge is -2.03. The van der Waals surface area contributed by atoms with E-state index in [0.29, 0.717) is 19.3 Å². The van der Waals surface area contributed by atoms with Crippen LogP contribution in [0.5, 0.6) is 0 Å². The Labute approximate surface area is 176 Å². The number of Topliss-reactive ketones (excluding diaryl/α,β-unsaturated/α-hetero) is 2. The van der Waals surface area contributed by atoms with Gasteiger partial charge in [-0.25, -0.2) is 0 Å². The van der Waals surface area contributed by atoms with E-state index < -0.39 is 0 Å². The van der Waals surface area contributed by atoms with Crippen molar-refractivity contribution >= 4 is 98.0 Å². The van der Waals surface area contributed by atoms with Gasteiger partial charge in [0.15, 0.2) is 11.6 Å². The maximum absolute atomic E-state index is 12.4. The molecule has 0 aliphatic heterocycles. The van der Waals surface area contributed by atoms with Gasteiger partial charge in [-0.1, -0.05) is 0 Å². The Morgan fingerprint density at radius 2 is 1.13 bits per heavy atom. The monoisotopic (exact) mass is 604 g/mol. The highest BCUT2D eigenvalue weighted by molar-refractivity contribution is 9.14. The van der Waals surface area contributed by atoms with Gasteiger partial charge in [-0.2, -0.15) is 0 Å². The molecule has 0 saturated heterocycles. The van der Waals surface area contributed by atoms with E-state index in [1.165, 1.54) is 22.7 Å². The van der Waals surface area contributed by atoms with Crippen LogP contribution in [0, 0.1) is 13.8 Å². The fourth-order valence-corrected chi connectivity index (χ4v) is 7.46. The lowest BCUT2D eigenvalue weighted by molar-refractivity contribution is 0.0956. The van der Waals surface area contributed by atoms with Crippen molar-refractivity contribution in [2.24, 2.45) is 0 Å². The van der Waals surface area contributed by atoms with Gasteiger partial charge in [0.2, 0.25) is 0 Å². The summed E-state index contributed by atoms with van der Waals surface area (Å²) in [5.41, 5.74) is 1.45. The van der Waals surface area contributed by atoms with Crippen molar-refractivity contribution in [1.29, 1.82) is 0 Å². The molecule has 0 saturated carbocycles. The number of rotatable bonds is 6. The van der Waals surface area contributed by atoms with Crippen LogP contribution < -0.4 is 0 Å². The summed E-state index contributed by atoms with van der Waals surface area (Å²) in [7, 11) is 0. The van der Waals surface area contributed by atoms with Crippen LogP contribution >= 0.6 is 86.4 Å². The largest absolute Gasteiger partial charge is 0.294 e. The van der Waals surface area contributed by atoms with Gasteiger partial charge in [0.25, 0.3) is 0 Å². The lowest BCUT2D eigenvalue weighted by atomic mass is 10.0. The molecule has 0 bridgehead atoms. The van der Waals surface area contributed by atoms with Crippen LogP contribution in [0.1, 0.15) is 49.7 Å². The van der Waals surface area contributed by atoms with E-state index in [-0.39, 0.29) is 11.6 Å². The number of hydrogen-bond acceptors (Lipinski definition) is 4. The second-order valence-electron chi connectivity index (χ2n) is 4.94. The molecule has 2 nitrogen and oxygen atoms in total. The normalized spacial score (nSPS) is 11.0. The van der Waals surface area contributed by atoms with E-state index >= 15 is 0 Å². The molecule has 0 fully saturated rings. The van der Waals surface area contributed by atoms with Gasteiger partial charge in [0.05, 0.1) is 16.5 Å². The SMILES string of the molecule is Cc1sc(Br)c(Br)c1C(=O)CCCC(=O)c1c(C)sc(Br)c1Br. The highest BCUT2D eigenvalue weighted by Crippen LogP contribution is 2.39. The highest BCUT2D eigenvalue weighted by Gasteiger charge is 2.21. The molecule has 2 rings (SSSR count). The molecule has 2 aromatic rings. The molecule has 0 aliphatic rings. The molecule has 0 radical (unpaired) electrons. The summed E-state index contributed by atoms with van der Waals surface area (Å²) in [6.45, 7) is 3.86. The van der Waals surface area contributed by atoms with Crippen LogP contribution in [0.3, 0.4) is 0 Å². The van der Waals surface area contributed by atoms with E-state index in [0.717, 1.165) is 37.4 Å². The zero-order valence-corrected chi connectivity index (χ0v) is 20.2. The smallest absolute Gasteiger partial charge is 0.165 e. The molecule has 0 spiro atoms. The van der Waals surface area contributed by atoms with Crippen LogP contribution in [-0.2, 0) is 0 Å². The van der Waals surface area contributed by atoms with Gasteiger partial charge in [0, 0.05) is 33.7 Å². The fraction of sp³-hybridized carbons (Fsp3) is 0.333. The second kappa shape index (κ2) is 8.36. The minimum absolute atomic E-state index is 0.0754. The van der Waals surface area contributed by atoms with Crippen LogP contribution in [-0.4, -0.2) is 11.6 Å². The van der Waals surface area contributed by atoms with Crippen molar-refractivity contribution in [2.45, 2.75) is 33.1 Å². The van der Waals surface area contributed by atoms with Crippen LogP contribution in [0.4, 0.5) is 0 Å². The zero-order valence-electron chi connectivity index (χ0n) is 12.3. The number of aryl methyl sites for hydroxylation is 2. The topological polar surface area (TPSA) is 34.1 Å². The first-order valence-electron chi connectivity index (χ1n) is 6.69. The number of thiophene rings is 2. The number of hydrogen-bond donors (Lipinski definition) is 0. The Kier molecular flexibility index (Phi) is 7.26. The predicted octanol–water partition coefficient (Wildman–Crippen LogP) is 7.71. The van der Waals surface area contributed by atoms with E-state index in [1.807, 2.05) is 13.8 Å². The molecule has 124 valence electrons. The number of ketones is 2. The van der Waals surface area contributed by atoms with Gasteiger partial charge in [-0.05, 0) is 84.0 Å². The molecule has 0 unspecified atom stereocenters. The predicted molar refractivity (Wildman–Crippen MR) is 111 cm³/mol. The summed E-state index contributed by atoms with van der Waals surface area (Å²) in [4.78, 5) is 26.7. The second-order valence-corrected chi connectivity index (χ2v) is 11.6. The lowest BCUT2D eigenvalue weighted by Crippen LogP contribution is -2.04. The molecule has 2 heterocycles. The molecule has 0 N–H and O–H groups in total. The van der Waals surface area contributed by atoms with Crippen molar-refractivity contribution < 1.29 is 9.59 Å². The standard InChI is InChI=1S/C15H12Br4O2S2/c1-6-10(12(16)14(18)22-6)8(20)4-3-5-9(21)11-7(2)23-15(19)13(11)17/h3-5H2,1-2H3. The summed E-state index contributed by atoms with van der Waals surface area (Å²) < 4.78 is 3.49. The number of halogens is 4. The maximum Gasteiger partial charge on any atom is 0.165 e. The molecule has 0 atom stereocenters. The number of carbonyl (C=O) groups is 2. The minimum atomic E-state index is 0.0754. The van der Waals surface area contributed by atoms with E-state index in [1.54, 1.807) is 0 Å². The summed E-state index contributed by atoms with van der Waals surface area (Å²) in [6, 6.07) is 0. The molecule has 8 heteroatoms. The van der Waals surface area contributed by atoms with Gasteiger partial charge in [0.1, 0.15) is 0 Å². The molecule has 2 aromatic heterocycles. The van der Waals surface area contributed by atoms with Gasteiger partial charge < -0.3 is 0 Å². The Bertz CT molecular complexity index is 713. The van der Waals surface area contributed by atoms with Gasteiger partial charge >= 0.3 is 0 Å². The van der Waals surface area contributed by atoms with E-state index in [9.17, 15) is 9.59 Å². The molecular weight excluding hydrogens is 596 g/mol. The van der Waals surface area contributed by atoms with Crippen LogP contribution in [0.2, 0.25) is 0 Å². The third kappa shape index (κ3) is 4.44. The first-order valence-corrected chi connectivity index (χ1v) is 11.5. The van der Waals surface area contributed by atoms with Crippen LogP contribution in [0.25, 0.3) is 0 Å². The van der Waals surface area contributed by atoms with Crippen molar-refractivity contribution in [2.75, 3.05) is 0 Å². The molecular formula is C15H12Br4O2S2. The first-order chi connectivity index (χ1) is 10.7. The quantitative estimate of drug-likeness (QED) is 0.315. The summed E-state index contributed by atoms with van der Waals surface area (Å²) >= 11 is 16.8. The highest BCUT2D eigenvalue weighted by atomic mass is 79.9. The molecule has 23 heavy (non-hydrogen) atoms. The minimum Gasteiger partial charge on any atom is -0.294 e. The van der Waals surface area contributed by atoms with Crippen LogP contribution in [0.15, 0.2) is 16.5 Å². The van der Waals surface area contributed by atoms with Crippen molar-refractivity contribution in [3.8, 4) is 0 Å². The molecule has 0 aliphatic carbocycles. The van der Waals surface area contributed by atoms with Gasteiger partial charge in [-0.15, -0.1) is 22.7 Å². The first kappa shape index (κ1) is 20.0. The van der Waals surface area contributed by atoms with E-state index in [4.69, 9.17) is 0 Å². The Morgan fingerprint density at radius 1 is 0.783 bits per heavy atom. The number of carbonyl (C=O) groups excluding carboxylic acids is 2. The van der Waals surface area contributed by atoms with E-state index in [2.05, 4.69) is 63.7 Å². The molecule has 0 amide bonds. The Hall–Kier alpha value is 0.660. The van der Waals surface area contributed by atoms with Crippen molar-refractivity contribution in [3.05, 3.63) is 37.4 Å². The Morgan fingerprint density at radius 3 is 1.39 bits per heavy atom. The average Bonchev–Trinajstić information content (AvgIpc) is 2.86. The average molecular weight is 608 g/mol. The van der Waals surface area contributed by atoms with Gasteiger partial charge in [-0.3, -0.25) is 9.59 Å². The summed E-state index contributed by atoms with van der Waals surface area (Å²) in [5.74, 6) is 0.151.